The highest BCUT2D eigenvalue weighted by molar-refractivity contribution is 7.99. The molecule has 3 heterocycles. The van der Waals surface area contributed by atoms with E-state index in [2.05, 4.69) is 15.2 Å². The van der Waals surface area contributed by atoms with Crippen LogP contribution in [0.5, 0.6) is 0 Å². The average molecular weight is 434 g/mol. The number of benzene rings is 1. The summed E-state index contributed by atoms with van der Waals surface area (Å²) in [4.78, 5) is 19.3. The summed E-state index contributed by atoms with van der Waals surface area (Å²) in [7, 11) is 0. The molecule has 5 nitrogen and oxygen atoms in total. The van der Waals surface area contributed by atoms with Crippen LogP contribution in [0.4, 0.5) is 6.01 Å². The number of carbonyl (C=O) groups is 1. The van der Waals surface area contributed by atoms with Gasteiger partial charge in [0.2, 0.25) is 5.91 Å². The molecule has 1 unspecified atom stereocenters. The van der Waals surface area contributed by atoms with E-state index in [1.54, 1.807) is 0 Å². The molecular formula is C22H28ClN3O2S. The van der Waals surface area contributed by atoms with Crippen LogP contribution in [0.1, 0.15) is 44.9 Å². The van der Waals surface area contributed by atoms with Crippen LogP contribution in [0, 0.1) is 11.3 Å². The number of fused-ring (bicyclic) bond motifs is 1. The summed E-state index contributed by atoms with van der Waals surface area (Å²) in [5.74, 6) is 2.67. The van der Waals surface area contributed by atoms with E-state index in [1.165, 1.54) is 25.7 Å². The number of rotatable bonds is 3. The van der Waals surface area contributed by atoms with Gasteiger partial charge in [0.15, 0.2) is 5.58 Å². The highest BCUT2D eigenvalue weighted by atomic mass is 35.5. The smallest absolute Gasteiger partial charge is 0.298 e. The van der Waals surface area contributed by atoms with Gasteiger partial charge in [-0.05, 0) is 74.3 Å². The van der Waals surface area contributed by atoms with Crippen molar-refractivity contribution in [2.45, 2.75) is 51.0 Å². The highest BCUT2D eigenvalue weighted by Crippen LogP contribution is 2.45. The molecule has 1 amide bonds. The third-order valence-corrected chi connectivity index (χ3v) is 8.52. The lowest BCUT2D eigenvalue weighted by Gasteiger charge is -2.45. The zero-order valence-corrected chi connectivity index (χ0v) is 18.2. The first-order valence-electron chi connectivity index (χ1n) is 10.8. The van der Waals surface area contributed by atoms with Crippen molar-refractivity contribution < 1.29 is 9.21 Å². The minimum atomic E-state index is 0.241. The van der Waals surface area contributed by atoms with Crippen LogP contribution >= 0.6 is 23.4 Å². The molecule has 2 aliphatic heterocycles. The van der Waals surface area contributed by atoms with Gasteiger partial charge in [-0.1, -0.05) is 11.6 Å². The Morgan fingerprint density at radius 2 is 2.00 bits per heavy atom. The van der Waals surface area contributed by atoms with Crippen LogP contribution in [-0.4, -0.2) is 41.5 Å². The molecule has 29 heavy (non-hydrogen) atoms. The number of amides is 1. The topological polar surface area (TPSA) is 58.4 Å². The van der Waals surface area contributed by atoms with Crippen LogP contribution in [0.3, 0.4) is 0 Å². The van der Waals surface area contributed by atoms with Crippen LogP contribution in [0.2, 0.25) is 5.02 Å². The zero-order valence-electron chi connectivity index (χ0n) is 16.7. The molecule has 156 valence electrons. The third kappa shape index (κ3) is 4.11. The minimum absolute atomic E-state index is 0.241. The Morgan fingerprint density at radius 3 is 2.72 bits per heavy atom. The van der Waals surface area contributed by atoms with E-state index in [0.717, 1.165) is 55.0 Å². The predicted molar refractivity (Wildman–Crippen MR) is 119 cm³/mol. The third-order valence-electron chi connectivity index (χ3n) is 7.13. The van der Waals surface area contributed by atoms with Crippen molar-refractivity contribution in [3.8, 4) is 0 Å². The fourth-order valence-electron chi connectivity index (χ4n) is 5.13. The van der Waals surface area contributed by atoms with Crippen LogP contribution in [-0.2, 0) is 4.79 Å². The number of piperidine rings is 1. The van der Waals surface area contributed by atoms with Crippen LogP contribution in [0.25, 0.3) is 11.1 Å². The molecule has 7 heteroatoms. The van der Waals surface area contributed by atoms with Gasteiger partial charge >= 0.3 is 0 Å². The lowest BCUT2D eigenvalue weighted by Crippen LogP contribution is -2.46. The van der Waals surface area contributed by atoms with E-state index in [1.807, 2.05) is 30.0 Å². The Kier molecular flexibility index (Phi) is 5.41. The van der Waals surface area contributed by atoms with E-state index in [0.29, 0.717) is 28.4 Å². The molecule has 1 saturated carbocycles. The first kappa shape index (κ1) is 19.6. The maximum Gasteiger partial charge on any atom is 0.298 e. The van der Waals surface area contributed by atoms with Gasteiger partial charge in [-0.2, -0.15) is 16.7 Å². The van der Waals surface area contributed by atoms with E-state index in [-0.39, 0.29) is 5.92 Å². The number of halogens is 1. The zero-order chi connectivity index (χ0) is 19.8. The molecule has 5 rings (SSSR count). The maximum atomic E-state index is 12.4. The number of thioether (sulfide) groups is 1. The summed E-state index contributed by atoms with van der Waals surface area (Å²) in [5, 5.41) is 4.02. The number of nitrogens with one attached hydrogen (secondary N) is 1. The normalized spacial score (nSPS) is 25.0. The molecule has 3 fully saturated rings. The van der Waals surface area contributed by atoms with Gasteiger partial charge in [-0.15, -0.1) is 0 Å². The first-order chi connectivity index (χ1) is 14.1. The number of aromatic nitrogens is 1. The number of nitrogens with zero attached hydrogens (tertiary/aromatic N) is 2. The predicted octanol–water partition coefficient (Wildman–Crippen LogP) is 4.88. The summed E-state index contributed by atoms with van der Waals surface area (Å²) >= 11 is 7.97. The number of hydrogen-bond donors (Lipinski definition) is 1. The van der Waals surface area contributed by atoms with E-state index in [4.69, 9.17) is 16.0 Å². The standard InChI is InChI=1S/C22H28ClN3O2S/c23-16-1-2-19-18(13-16)25-21(28-19)26-10-8-22(9-11-26)6-3-17(4-7-22)24-20(27)15-5-12-29-14-15/h1-2,13,15,17H,3-12,14H2,(H,24,27). The second-order valence-corrected chi connectivity index (χ2v) is 10.5. The van der Waals surface area contributed by atoms with E-state index >= 15 is 0 Å². The van der Waals surface area contributed by atoms with Gasteiger partial charge in [0, 0.05) is 35.8 Å². The molecule has 1 aliphatic carbocycles. The molecule has 1 N–H and O–H groups in total. The Balaban J connectivity index is 1.15. The van der Waals surface area contributed by atoms with Gasteiger partial charge in [-0.25, -0.2) is 0 Å². The molecule has 3 aliphatic rings. The van der Waals surface area contributed by atoms with Gasteiger partial charge in [-0.3, -0.25) is 4.79 Å². The Bertz CT molecular complexity index is 877. The number of hydrogen-bond acceptors (Lipinski definition) is 5. The molecular weight excluding hydrogens is 406 g/mol. The average Bonchev–Trinajstić information content (AvgIpc) is 3.40. The molecule has 1 aromatic heterocycles. The fraction of sp³-hybridized carbons (Fsp3) is 0.636. The summed E-state index contributed by atoms with van der Waals surface area (Å²) in [6, 6.07) is 6.67. The SMILES string of the molecule is O=C(NC1CCC2(CC1)CCN(c1nc3cc(Cl)ccc3o1)CC2)C1CCSC1. The highest BCUT2D eigenvalue weighted by Gasteiger charge is 2.39. The van der Waals surface area contributed by atoms with Gasteiger partial charge in [0.25, 0.3) is 6.01 Å². The van der Waals surface area contributed by atoms with Crippen molar-refractivity contribution in [3.05, 3.63) is 23.2 Å². The number of oxazole rings is 1. The van der Waals surface area contributed by atoms with Gasteiger partial charge < -0.3 is 14.6 Å². The largest absolute Gasteiger partial charge is 0.423 e. The van der Waals surface area contributed by atoms with Crippen LogP contribution in [0.15, 0.2) is 22.6 Å². The molecule has 2 aromatic rings. The summed E-state index contributed by atoms with van der Waals surface area (Å²) in [5.41, 5.74) is 2.04. The lowest BCUT2D eigenvalue weighted by atomic mass is 9.67. The Hall–Kier alpha value is -1.40. The lowest BCUT2D eigenvalue weighted by molar-refractivity contribution is -0.125. The number of anilines is 1. The molecule has 1 spiro atoms. The molecule has 1 atom stereocenters. The second kappa shape index (κ2) is 8.03. The first-order valence-corrected chi connectivity index (χ1v) is 12.3. The van der Waals surface area contributed by atoms with Crippen molar-refractivity contribution in [2.24, 2.45) is 11.3 Å². The molecule has 0 bridgehead atoms. The second-order valence-electron chi connectivity index (χ2n) is 8.94. The Labute approximate surface area is 180 Å². The Morgan fingerprint density at radius 1 is 1.21 bits per heavy atom. The van der Waals surface area contributed by atoms with Gasteiger partial charge in [0.1, 0.15) is 5.52 Å². The molecule has 0 radical (unpaired) electrons. The molecule has 2 saturated heterocycles. The van der Waals surface area contributed by atoms with E-state index < -0.39 is 0 Å². The monoisotopic (exact) mass is 433 g/mol. The number of carbonyl (C=O) groups excluding carboxylic acids is 1. The van der Waals surface area contributed by atoms with Crippen LogP contribution < -0.4 is 10.2 Å². The summed E-state index contributed by atoms with van der Waals surface area (Å²) in [6.07, 6.45) is 8.06. The van der Waals surface area contributed by atoms with Crippen molar-refractivity contribution in [2.75, 3.05) is 29.5 Å². The molecule has 1 aromatic carbocycles. The summed E-state index contributed by atoms with van der Waals surface area (Å²) < 4.78 is 5.95. The fourth-order valence-corrected chi connectivity index (χ4v) is 6.52. The van der Waals surface area contributed by atoms with Crippen molar-refractivity contribution in [1.82, 2.24) is 10.3 Å². The minimum Gasteiger partial charge on any atom is -0.423 e. The van der Waals surface area contributed by atoms with E-state index in [9.17, 15) is 4.79 Å². The maximum absolute atomic E-state index is 12.4. The van der Waals surface area contributed by atoms with Gasteiger partial charge in [0.05, 0.1) is 0 Å². The van der Waals surface area contributed by atoms with Crippen molar-refractivity contribution in [1.29, 1.82) is 0 Å². The quantitative estimate of drug-likeness (QED) is 0.747. The summed E-state index contributed by atoms with van der Waals surface area (Å²) in [6.45, 7) is 1.97. The van der Waals surface area contributed by atoms with Crippen molar-refractivity contribution in [3.63, 3.8) is 0 Å². The van der Waals surface area contributed by atoms with Crippen molar-refractivity contribution >= 4 is 46.4 Å².